The molecule has 0 unspecified atom stereocenters. The van der Waals surface area contributed by atoms with Gasteiger partial charge in [0.1, 0.15) is 17.7 Å². The molecule has 0 aliphatic rings. The number of pyridine rings is 2. The molecule has 0 radical (unpaired) electrons. The predicted octanol–water partition coefficient (Wildman–Crippen LogP) is 3.42. The summed E-state index contributed by atoms with van der Waals surface area (Å²) in [7, 11) is 6.16. The van der Waals surface area contributed by atoms with Crippen molar-refractivity contribution < 1.29 is 33.3 Å². The first kappa shape index (κ1) is 27.1. The summed E-state index contributed by atoms with van der Waals surface area (Å²) >= 11 is 0. The molecule has 0 saturated carbocycles. The van der Waals surface area contributed by atoms with E-state index in [0.717, 1.165) is 0 Å². The zero-order valence-corrected chi connectivity index (χ0v) is 21.2. The molecule has 1 atom stereocenters. The Hall–Kier alpha value is -4.51. The van der Waals surface area contributed by atoms with Gasteiger partial charge < -0.3 is 29.2 Å². The minimum Gasteiger partial charge on any atom is -0.472 e. The third kappa shape index (κ3) is 7.48. The van der Waals surface area contributed by atoms with E-state index < -0.39 is 11.9 Å². The van der Waals surface area contributed by atoms with E-state index in [1.807, 2.05) is 0 Å². The molecule has 2 amide bonds. The summed E-state index contributed by atoms with van der Waals surface area (Å²) < 4.78 is 21.4. The summed E-state index contributed by atoms with van der Waals surface area (Å²) in [5.41, 5.74) is 0.950. The first-order chi connectivity index (χ1) is 17.7. The number of ether oxygens (including phenoxy) is 4. The van der Waals surface area contributed by atoms with Gasteiger partial charge in [0.25, 0.3) is 11.8 Å². The highest BCUT2D eigenvalue weighted by molar-refractivity contribution is 6.04. The van der Waals surface area contributed by atoms with E-state index >= 15 is 0 Å². The number of hydrogen-bond donors (Lipinski definition) is 1. The van der Waals surface area contributed by atoms with Crippen molar-refractivity contribution in [2.24, 2.45) is 0 Å². The number of rotatable bonds is 10. The second kappa shape index (κ2) is 12.5. The van der Waals surface area contributed by atoms with Gasteiger partial charge in [-0.25, -0.2) is 9.78 Å². The molecule has 2 heterocycles. The SMILES string of the molecule is COC[C@@H](C)Oc1cc(C(=O)Nc2ccc(C(=O)OC)cn2)cc(Oc2ccc(C(=O)N(C)C)cc2)n1. The van der Waals surface area contributed by atoms with Gasteiger partial charge in [-0.1, -0.05) is 0 Å². The second-order valence-corrected chi connectivity index (χ2v) is 8.12. The number of esters is 1. The van der Waals surface area contributed by atoms with Crippen LogP contribution in [0.2, 0.25) is 0 Å². The van der Waals surface area contributed by atoms with Gasteiger partial charge in [-0.2, -0.15) is 4.98 Å². The molecule has 37 heavy (non-hydrogen) atoms. The smallest absolute Gasteiger partial charge is 0.339 e. The standard InChI is InChI=1S/C26H28N4O7/c1-16(15-34-4)36-22-12-19(24(31)28-21-11-8-18(14-27-21)26(33)35-5)13-23(29-22)37-20-9-6-17(7-10-20)25(32)30(2)3/h6-14,16H,15H2,1-5H3,(H,27,28,31)/t16-/m1/s1. The third-order valence-corrected chi connectivity index (χ3v) is 4.92. The summed E-state index contributed by atoms with van der Waals surface area (Å²) in [5.74, 6) is -0.272. The van der Waals surface area contributed by atoms with Crippen LogP contribution in [0, 0.1) is 0 Å². The van der Waals surface area contributed by atoms with Gasteiger partial charge in [0, 0.05) is 45.1 Å². The highest BCUT2D eigenvalue weighted by atomic mass is 16.5. The number of benzene rings is 1. The average molecular weight is 509 g/mol. The predicted molar refractivity (Wildman–Crippen MR) is 134 cm³/mol. The summed E-state index contributed by atoms with van der Waals surface area (Å²) in [6.07, 6.45) is 0.960. The molecular weight excluding hydrogens is 480 g/mol. The number of hydrogen-bond acceptors (Lipinski definition) is 9. The molecule has 1 aromatic carbocycles. The van der Waals surface area contributed by atoms with E-state index in [1.165, 1.54) is 42.5 Å². The Kier molecular flexibility index (Phi) is 9.11. The fraction of sp³-hybridized carbons (Fsp3) is 0.269. The van der Waals surface area contributed by atoms with Gasteiger partial charge in [-0.05, 0) is 43.3 Å². The van der Waals surface area contributed by atoms with Crippen molar-refractivity contribution in [3.05, 3.63) is 71.4 Å². The largest absolute Gasteiger partial charge is 0.472 e. The van der Waals surface area contributed by atoms with Gasteiger partial charge in [-0.3, -0.25) is 9.59 Å². The maximum Gasteiger partial charge on any atom is 0.339 e. The van der Waals surface area contributed by atoms with Gasteiger partial charge in [0.15, 0.2) is 0 Å². The van der Waals surface area contributed by atoms with Crippen molar-refractivity contribution in [2.45, 2.75) is 13.0 Å². The summed E-state index contributed by atoms with van der Waals surface area (Å²) in [6, 6.07) is 12.4. The van der Waals surface area contributed by atoms with E-state index in [4.69, 9.17) is 14.2 Å². The van der Waals surface area contributed by atoms with Crippen LogP contribution in [0.5, 0.6) is 17.5 Å². The van der Waals surface area contributed by atoms with Crippen LogP contribution in [0.25, 0.3) is 0 Å². The molecule has 0 aliphatic carbocycles. The van der Waals surface area contributed by atoms with Crippen molar-refractivity contribution >= 4 is 23.6 Å². The van der Waals surface area contributed by atoms with Crippen molar-refractivity contribution in [1.29, 1.82) is 0 Å². The Balaban J connectivity index is 1.84. The van der Waals surface area contributed by atoms with Crippen molar-refractivity contribution in [3.8, 4) is 17.5 Å². The Morgan fingerprint density at radius 3 is 2.22 bits per heavy atom. The van der Waals surface area contributed by atoms with Crippen LogP contribution < -0.4 is 14.8 Å². The minimum atomic E-state index is -0.535. The van der Waals surface area contributed by atoms with E-state index in [1.54, 1.807) is 52.4 Å². The van der Waals surface area contributed by atoms with Gasteiger partial charge in [0.2, 0.25) is 11.8 Å². The zero-order chi connectivity index (χ0) is 26.9. The molecule has 0 saturated heterocycles. The monoisotopic (exact) mass is 508 g/mol. The van der Waals surface area contributed by atoms with Crippen LogP contribution >= 0.6 is 0 Å². The highest BCUT2D eigenvalue weighted by Gasteiger charge is 2.16. The number of aromatic nitrogens is 2. The van der Waals surface area contributed by atoms with Crippen molar-refractivity contribution in [3.63, 3.8) is 0 Å². The number of nitrogens with one attached hydrogen (secondary N) is 1. The van der Waals surface area contributed by atoms with Crippen LogP contribution in [0.1, 0.15) is 38.0 Å². The lowest BCUT2D eigenvalue weighted by Gasteiger charge is -2.15. The Labute approximate surface area is 214 Å². The molecule has 3 rings (SSSR count). The van der Waals surface area contributed by atoms with Gasteiger partial charge in [0.05, 0.1) is 24.8 Å². The number of methoxy groups -OCH3 is 2. The number of carbonyl (C=O) groups is 3. The van der Waals surface area contributed by atoms with E-state index in [-0.39, 0.29) is 40.7 Å². The first-order valence-electron chi connectivity index (χ1n) is 11.2. The van der Waals surface area contributed by atoms with Crippen molar-refractivity contribution in [2.75, 3.05) is 40.2 Å². The van der Waals surface area contributed by atoms with Crippen LogP contribution in [-0.4, -0.2) is 73.7 Å². The number of nitrogens with zero attached hydrogens (tertiary/aromatic N) is 3. The fourth-order valence-corrected chi connectivity index (χ4v) is 3.14. The van der Waals surface area contributed by atoms with E-state index in [9.17, 15) is 14.4 Å². The fourth-order valence-electron chi connectivity index (χ4n) is 3.14. The topological polar surface area (TPSA) is 129 Å². The first-order valence-corrected chi connectivity index (χ1v) is 11.2. The lowest BCUT2D eigenvalue weighted by atomic mass is 10.2. The molecule has 194 valence electrons. The summed E-state index contributed by atoms with van der Waals surface area (Å²) in [6.45, 7) is 2.11. The maximum atomic E-state index is 13.0. The highest BCUT2D eigenvalue weighted by Crippen LogP contribution is 2.25. The van der Waals surface area contributed by atoms with Crippen molar-refractivity contribution in [1.82, 2.24) is 14.9 Å². The number of amides is 2. The Morgan fingerprint density at radius 2 is 1.62 bits per heavy atom. The van der Waals surface area contributed by atoms with Gasteiger partial charge >= 0.3 is 5.97 Å². The molecule has 1 N–H and O–H groups in total. The maximum absolute atomic E-state index is 13.0. The van der Waals surface area contributed by atoms with Crippen LogP contribution in [0.15, 0.2) is 54.7 Å². The van der Waals surface area contributed by atoms with Crippen LogP contribution in [-0.2, 0) is 9.47 Å². The van der Waals surface area contributed by atoms with Crippen LogP contribution in [0.3, 0.4) is 0 Å². The molecular formula is C26H28N4O7. The molecule has 0 fully saturated rings. The molecule has 11 nitrogen and oxygen atoms in total. The normalized spacial score (nSPS) is 11.3. The Bertz CT molecular complexity index is 1240. The lowest BCUT2D eigenvalue weighted by molar-refractivity contribution is 0.0600. The quantitative estimate of drug-likeness (QED) is 0.410. The van der Waals surface area contributed by atoms with Crippen LogP contribution in [0.4, 0.5) is 5.82 Å². The molecule has 0 bridgehead atoms. The van der Waals surface area contributed by atoms with E-state index in [2.05, 4.69) is 20.0 Å². The molecule has 11 heteroatoms. The molecule has 2 aromatic heterocycles. The molecule has 0 spiro atoms. The Morgan fingerprint density at radius 1 is 0.946 bits per heavy atom. The van der Waals surface area contributed by atoms with E-state index in [0.29, 0.717) is 17.9 Å². The number of carbonyl (C=O) groups excluding carboxylic acids is 3. The third-order valence-electron chi connectivity index (χ3n) is 4.92. The second-order valence-electron chi connectivity index (χ2n) is 8.12. The zero-order valence-electron chi connectivity index (χ0n) is 21.2. The average Bonchev–Trinajstić information content (AvgIpc) is 2.88. The molecule has 0 aliphatic heterocycles. The minimum absolute atomic E-state index is 0.105. The van der Waals surface area contributed by atoms with Gasteiger partial charge in [-0.15, -0.1) is 0 Å². The summed E-state index contributed by atoms with van der Waals surface area (Å²) in [5, 5.41) is 2.66. The lowest BCUT2D eigenvalue weighted by Crippen LogP contribution is -2.21. The molecule has 3 aromatic rings. The summed E-state index contributed by atoms with van der Waals surface area (Å²) in [4.78, 5) is 46.6. The number of anilines is 1.